The van der Waals surface area contributed by atoms with Crippen LogP contribution in [0.5, 0.6) is 0 Å². The SMILES string of the molecule is CC(=O)NCc1cn(C2CC(C(C)=O)C2)nn1. The van der Waals surface area contributed by atoms with Crippen LogP contribution in [-0.2, 0) is 16.1 Å². The molecule has 2 rings (SSSR count). The van der Waals surface area contributed by atoms with E-state index < -0.39 is 0 Å². The number of aromatic nitrogens is 3. The van der Waals surface area contributed by atoms with Crippen LogP contribution in [0.3, 0.4) is 0 Å². The van der Waals surface area contributed by atoms with Crippen LogP contribution in [0.2, 0.25) is 0 Å². The molecule has 1 N–H and O–H groups in total. The molecule has 0 saturated heterocycles. The highest BCUT2D eigenvalue weighted by Crippen LogP contribution is 2.37. The van der Waals surface area contributed by atoms with E-state index in [1.165, 1.54) is 6.92 Å². The molecule has 1 saturated carbocycles. The maximum absolute atomic E-state index is 11.1. The zero-order valence-electron chi connectivity index (χ0n) is 10.0. The zero-order valence-corrected chi connectivity index (χ0v) is 10.0. The monoisotopic (exact) mass is 236 g/mol. The number of amides is 1. The van der Waals surface area contributed by atoms with Gasteiger partial charge in [-0.15, -0.1) is 5.10 Å². The van der Waals surface area contributed by atoms with Crippen molar-refractivity contribution in [1.82, 2.24) is 20.3 Å². The van der Waals surface area contributed by atoms with Gasteiger partial charge in [0.1, 0.15) is 11.5 Å². The molecule has 0 bridgehead atoms. The van der Waals surface area contributed by atoms with Crippen LogP contribution in [0.15, 0.2) is 6.20 Å². The number of hydrogen-bond acceptors (Lipinski definition) is 4. The van der Waals surface area contributed by atoms with Crippen LogP contribution in [0.1, 0.15) is 38.4 Å². The fraction of sp³-hybridized carbons (Fsp3) is 0.636. The summed E-state index contributed by atoms with van der Waals surface area (Å²) in [6, 6.07) is 0.280. The first-order chi connectivity index (χ1) is 8.06. The van der Waals surface area contributed by atoms with Gasteiger partial charge in [-0.05, 0) is 19.8 Å². The van der Waals surface area contributed by atoms with Gasteiger partial charge in [-0.2, -0.15) is 0 Å². The fourth-order valence-corrected chi connectivity index (χ4v) is 1.92. The lowest BCUT2D eigenvalue weighted by Crippen LogP contribution is -2.31. The molecule has 0 unspecified atom stereocenters. The molecule has 6 heteroatoms. The molecule has 0 aromatic carbocycles. The van der Waals surface area contributed by atoms with Crippen molar-refractivity contribution >= 4 is 11.7 Å². The summed E-state index contributed by atoms with van der Waals surface area (Å²) in [5.41, 5.74) is 0.742. The number of carbonyl (C=O) groups is 2. The Hall–Kier alpha value is -1.72. The van der Waals surface area contributed by atoms with E-state index in [2.05, 4.69) is 15.6 Å². The zero-order chi connectivity index (χ0) is 12.4. The molecule has 1 aromatic rings. The first-order valence-electron chi connectivity index (χ1n) is 5.72. The molecule has 1 fully saturated rings. The van der Waals surface area contributed by atoms with E-state index in [1.807, 2.05) is 6.20 Å². The summed E-state index contributed by atoms with van der Waals surface area (Å²) in [6.07, 6.45) is 3.52. The highest BCUT2D eigenvalue weighted by atomic mass is 16.1. The van der Waals surface area contributed by atoms with Gasteiger partial charge in [0.25, 0.3) is 0 Å². The van der Waals surface area contributed by atoms with Crippen LogP contribution < -0.4 is 5.32 Å². The Morgan fingerprint density at radius 2 is 2.18 bits per heavy atom. The molecule has 0 spiro atoms. The Balaban J connectivity index is 1.87. The molecule has 0 atom stereocenters. The van der Waals surface area contributed by atoms with E-state index in [-0.39, 0.29) is 23.7 Å². The molecular formula is C11H16N4O2. The first kappa shape index (κ1) is 11.8. The van der Waals surface area contributed by atoms with Gasteiger partial charge >= 0.3 is 0 Å². The second-order valence-electron chi connectivity index (χ2n) is 4.53. The molecule has 1 heterocycles. The Kier molecular flexibility index (Phi) is 3.21. The largest absolute Gasteiger partial charge is 0.351 e. The number of hydrogen-bond donors (Lipinski definition) is 1. The second-order valence-corrected chi connectivity index (χ2v) is 4.53. The van der Waals surface area contributed by atoms with Crippen LogP contribution in [-0.4, -0.2) is 26.7 Å². The van der Waals surface area contributed by atoms with Crippen molar-refractivity contribution in [3.63, 3.8) is 0 Å². The number of nitrogens with one attached hydrogen (secondary N) is 1. The van der Waals surface area contributed by atoms with Gasteiger partial charge in [0, 0.05) is 12.8 Å². The van der Waals surface area contributed by atoms with Gasteiger partial charge in [0.2, 0.25) is 5.91 Å². The lowest BCUT2D eigenvalue weighted by Gasteiger charge is -2.33. The maximum Gasteiger partial charge on any atom is 0.217 e. The van der Waals surface area contributed by atoms with Gasteiger partial charge in [-0.1, -0.05) is 5.21 Å². The van der Waals surface area contributed by atoms with E-state index in [9.17, 15) is 9.59 Å². The third kappa shape index (κ3) is 2.69. The summed E-state index contributed by atoms with van der Waals surface area (Å²) in [5, 5.41) is 10.7. The molecule has 1 amide bonds. The van der Waals surface area contributed by atoms with Crippen molar-refractivity contribution in [2.75, 3.05) is 0 Å². The molecule has 1 aliphatic rings. The maximum atomic E-state index is 11.1. The molecule has 92 valence electrons. The van der Waals surface area contributed by atoms with E-state index in [4.69, 9.17) is 0 Å². The second kappa shape index (κ2) is 4.65. The Bertz CT molecular complexity index is 434. The van der Waals surface area contributed by atoms with Crippen molar-refractivity contribution in [3.8, 4) is 0 Å². The number of ketones is 1. The molecule has 6 nitrogen and oxygen atoms in total. The van der Waals surface area contributed by atoms with E-state index >= 15 is 0 Å². The van der Waals surface area contributed by atoms with Gasteiger partial charge in [0.05, 0.1) is 18.8 Å². The predicted octanol–water partition coefficient (Wildman–Crippen LogP) is 0.454. The smallest absolute Gasteiger partial charge is 0.217 e. The lowest BCUT2D eigenvalue weighted by molar-refractivity contribution is -0.124. The lowest BCUT2D eigenvalue weighted by atomic mass is 9.78. The summed E-state index contributed by atoms with van der Waals surface area (Å²) < 4.78 is 1.79. The van der Waals surface area contributed by atoms with Gasteiger partial charge in [-0.3, -0.25) is 9.59 Å². The van der Waals surface area contributed by atoms with Crippen molar-refractivity contribution < 1.29 is 9.59 Å². The molecule has 17 heavy (non-hydrogen) atoms. The predicted molar refractivity (Wildman–Crippen MR) is 60.0 cm³/mol. The highest BCUT2D eigenvalue weighted by molar-refractivity contribution is 5.79. The Labute approximate surface area is 99.4 Å². The topological polar surface area (TPSA) is 76.9 Å². The minimum atomic E-state index is -0.0835. The molecule has 0 aliphatic heterocycles. The third-order valence-electron chi connectivity index (χ3n) is 3.14. The normalized spacial score (nSPS) is 22.9. The average molecular weight is 236 g/mol. The number of carbonyl (C=O) groups excluding carboxylic acids is 2. The van der Waals surface area contributed by atoms with E-state index in [0.717, 1.165) is 18.5 Å². The van der Waals surface area contributed by atoms with Crippen molar-refractivity contribution in [3.05, 3.63) is 11.9 Å². The van der Waals surface area contributed by atoms with E-state index in [1.54, 1.807) is 11.6 Å². The summed E-state index contributed by atoms with van der Waals surface area (Å²) in [7, 11) is 0. The van der Waals surface area contributed by atoms with Gasteiger partial charge in [-0.25, -0.2) is 4.68 Å². The molecule has 0 radical (unpaired) electrons. The number of Topliss-reactive ketones (excluding diaryl/α,β-unsaturated/α-hetero) is 1. The van der Waals surface area contributed by atoms with Crippen LogP contribution in [0.25, 0.3) is 0 Å². The quantitative estimate of drug-likeness (QED) is 0.823. The average Bonchev–Trinajstić information content (AvgIpc) is 2.60. The minimum absolute atomic E-state index is 0.0835. The fourth-order valence-electron chi connectivity index (χ4n) is 1.92. The first-order valence-corrected chi connectivity index (χ1v) is 5.72. The molecule has 1 aliphatic carbocycles. The van der Waals surface area contributed by atoms with Crippen molar-refractivity contribution in [1.29, 1.82) is 0 Å². The van der Waals surface area contributed by atoms with E-state index in [0.29, 0.717) is 6.54 Å². The van der Waals surface area contributed by atoms with Crippen LogP contribution in [0, 0.1) is 5.92 Å². The number of rotatable bonds is 4. The number of nitrogens with zero attached hydrogens (tertiary/aromatic N) is 3. The minimum Gasteiger partial charge on any atom is -0.351 e. The summed E-state index contributed by atoms with van der Waals surface area (Å²) >= 11 is 0. The van der Waals surface area contributed by atoms with Gasteiger partial charge < -0.3 is 5.32 Å². The van der Waals surface area contributed by atoms with Gasteiger partial charge in [0.15, 0.2) is 0 Å². The summed E-state index contributed by atoms with van der Waals surface area (Å²) in [6.45, 7) is 3.50. The van der Waals surface area contributed by atoms with Crippen molar-refractivity contribution in [2.45, 2.75) is 39.3 Å². The Morgan fingerprint density at radius 3 is 2.76 bits per heavy atom. The summed E-state index contributed by atoms with van der Waals surface area (Å²) in [4.78, 5) is 21.8. The highest BCUT2D eigenvalue weighted by Gasteiger charge is 2.34. The van der Waals surface area contributed by atoms with Crippen molar-refractivity contribution in [2.24, 2.45) is 5.92 Å². The van der Waals surface area contributed by atoms with Crippen LogP contribution in [0.4, 0.5) is 0 Å². The Morgan fingerprint density at radius 1 is 1.47 bits per heavy atom. The molecule has 1 aromatic heterocycles. The van der Waals surface area contributed by atoms with Crippen LogP contribution >= 0.6 is 0 Å². The standard InChI is InChI=1S/C11H16N4O2/c1-7(16)9-3-11(4-9)15-6-10(13-14-15)5-12-8(2)17/h6,9,11H,3-5H2,1-2H3,(H,12,17). The molecular weight excluding hydrogens is 220 g/mol. The summed E-state index contributed by atoms with van der Waals surface area (Å²) in [5.74, 6) is 0.350. The third-order valence-corrected chi connectivity index (χ3v) is 3.14.